The maximum Gasteiger partial charge on any atom is 0.300 e. The summed E-state index contributed by atoms with van der Waals surface area (Å²) in [4.78, 5) is 27.4. The molecule has 1 aliphatic heterocycles. The topological polar surface area (TPSA) is 84.2 Å². The summed E-state index contributed by atoms with van der Waals surface area (Å²) in [6.45, 7) is 0. The van der Waals surface area contributed by atoms with Gasteiger partial charge in [0.2, 0.25) is 0 Å². The number of benzene rings is 2. The zero-order valence-corrected chi connectivity index (χ0v) is 13.1. The number of amides is 2. The second-order valence-corrected chi connectivity index (χ2v) is 6.10. The Hall–Kier alpha value is -3.06. The number of imide groups is 1. The van der Waals surface area contributed by atoms with E-state index in [9.17, 15) is 9.59 Å². The second-order valence-electron chi connectivity index (χ2n) is 5.09. The molecule has 2 N–H and O–H groups in total. The lowest BCUT2D eigenvalue weighted by Gasteiger charge is -2.02. The normalized spacial score (nSPS) is 15.9. The molecule has 2 aromatic carbocycles. The molecule has 24 heavy (non-hydrogen) atoms. The third-order valence-electron chi connectivity index (χ3n) is 3.40. The van der Waals surface area contributed by atoms with Crippen LogP contribution in [0.4, 0.5) is 16.5 Å². The minimum Gasteiger partial charge on any atom is -0.423 e. The third-order valence-corrected chi connectivity index (χ3v) is 4.21. The molecule has 3 aromatic rings. The number of carbonyl (C=O) groups is 2. The van der Waals surface area contributed by atoms with Crippen molar-refractivity contribution in [2.24, 2.45) is 0 Å². The largest absolute Gasteiger partial charge is 0.423 e. The van der Waals surface area contributed by atoms with Crippen LogP contribution in [0.2, 0.25) is 0 Å². The second kappa shape index (κ2) is 5.86. The van der Waals surface area contributed by atoms with Crippen molar-refractivity contribution in [3.63, 3.8) is 0 Å². The molecular formula is C17H11N3O3S. The van der Waals surface area contributed by atoms with E-state index in [-0.39, 0.29) is 11.1 Å². The Morgan fingerprint density at radius 2 is 1.88 bits per heavy atom. The van der Waals surface area contributed by atoms with Crippen molar-refractivity contribution in [3.8, 4) is 0 Å². The summed E-state index contributed by atoms with van der Waals surface area (Å²) >= 11 is 0.899. The molecule has 7 heteroatoms. The van der Waals surface area contributed by atoms with Crippen molar-refractivity contribution in [1.29, 1.82) is 0 Å². The van der Waals surface area contributed by atoms with Gasteiger partial charge in [-0.3, -0.25) is 14.9 Å². The summed E-state index contributed by atoms with van der Waals surface area (Å²) in [6.07, 6.45) is 1.67. The number of carbonyl (C=O) groups excluding carboxylic acids is 2. The van der Waals surface area contributed by atoms with E-state index < -0.39 is 0 Å². The van der Waals surface area contributed by atoms with Gasteiger partial charge in [0, 0.05) is 5.69 Å². The Kier molecular flexibility index (Phi) is 3.55. The first kappa shape index (κ1) is 14.5. The molecule has 1 fully saturated rings. The Morgan fingerprint density at radius 1 is 1.08 bits per heavy atom. The molecule has 1 aliphatic rings. The third kappa shape index (κ3) is 2.89. The lowest BCUT2D eigenvalue weighted by molar-refractivity contribution is -0.115. The molecule has 4 rings (SSSR count). The van der Waals surface area contributed by atoms with E-state index in [0.717, 1.165) is 34.1 Å². The Morgan fingerprint density at radius 3 is 2.58 bits per heavy atom. The van der Waals surface area contributed by atoms with Gasteiger partial charge in [0.1, 0.15) is 5.52 Å². The number of thioether (sulfide) groups is 1. The Labute approximate surface area is 140 Å². The highest BCUT2D eigenvalue weighted by Gasteiger charge is 2.24. The van der Waals surface area contributed by atoms with E-state index in [2.05, 4.69) is 15.6 Å². The molecule has 6 nitrogen and oxygen atoms in total. The number of nitrogens with zero attached hydrogens (tertiary/aromatic N) is 1. The lowest BCUT2D eigenvalue weighted by Crippen LogP contribution is -2.17. The van der Waals surface area contributed by atoms with E-state index in [4.69, 9.17) is 4.42 Å². The average Bonchev–Trinajstić information content (AvgIpc) is 3.11. The Balaban J connectivity index is 1.52. The highest BCUT2D eigenvalue weighted by Crippen LogP contribution is 2.26. The molecule has 0 bridgehead atoms. The first-order chi connectivity index (χ1) is 11.7. The highest BCUT2D eigenvalue weighted by atomic mass is 32.2. The fourth-order valence-electron chi connectivity index (χ4n) is 2.28. The molecule has 0 atom stereocenters. The quantitative estimate of drug-likeness (QED) is 0.705. The van der Waals surface area contributed by atoms with Crippen molar-refractivity contribution in [3.05, 3.63) is 59.0 Å². The standard InChI is InChI=1S/C17H11N3O3S/c21-15-14(24-17(22)20-15)9-10-5-7-11(8-6-10)18-16-19-12-3-1-2-4-13(12)23-16/h1-9H,(H,18,19)(H,20,21,22)/b14-9-. The van der Waals surface area contributed by atoms with Crippen LogP contribution in [-0.2, 0) is 4.79 Å². The van der Waals surface area contributed by atoms with E-state index in [1.54, 1.807) is 6.08 Å². The fourth-order valence-corrected chi connectivity index (χ4v) is 2.97. The van der Waals surface area contributed by atoms with Crippen LogP contribution in [0.5, 0.6) is 0 Å². The molecule has 2 heterocycles. The van der Waals surface area contributed by atoms with Crippen molar-refractivity contribution in [2.75, 3.05) is 5.32 Å². The number of rotatable bonds is 3. The van der Waals surface area contributed by atoms with Gasteiger partial charge in [0.15, 0.2) is 5.58 Å². The van der Waals surface area contributed by atoms with Crippen LogP contribution in [0.25, 0.3) is 17.2 Å². The van der Waals surface area contributed by atoms with Crippen molar-refractivity contribution >= 4 is 51.8 Å². The number of hydrogen-bond acceptors (Lipinski definition) is 6. The van der Waals surface area contributed by atoms with Crippen LogP contribution < -0.4 is 10.6 Å². The zero-order valence-electron chi connectivity index (χ0n) is 12.3. The Bertz CT molecular complexity index is 943. The predicted octanol–water partition coefficient (Wildman–Crippen LogP) is 3.90. The molecular weight excluding hydrogens is 326 g/mol. The van der Waals surface area contributed by atoms with Crippen LogP contribution in [-0.4, -0.2) is 16.1 Å². The van der Waals surface area contributed by atoms with Gasteiger partial charge < -0.3 is 9.73 Å². The fraction of sp³-hybridized carbons (Fsp3) is 0. The molecule has 118 valence electrons. The number of hydrogen-bond donors (Lipinski definition) is 2. The molecule has 0 saturated carbocycles. The van der Waals surface area contributed by atoms with Gasteiger partial charge in [-0.2, -0.15) is 4.98 Å². The van der Waals surface area contributed by atoms with E-state index in [1.165, 1.54) is 0 Å². The summed E-state index contributed by atoms with van der Waals surface area (Å²) in [5.74, 6) is -0.362. The SMILES string of the molecule is O=C1NC(=O)/C(=C/c2ccc(Nc3nc4ccccc4o3)cc2)S1. The van der Waals surface area contributed by atoms with Gasteiger partial charge in [-0.25, -0.2) is 0 Å². The minimum absolute atomic E-state index is 0.347. The molecule has 0 aliphatic carbocycles. The molecule has 1 saturated heterocycles. The average molecular weight is 337 g/mol. The van der Waals surface area contributed by atoms with E-state index >= 15 is 0 Å². The van der Waals surface area contributed by atoms with Gasteiger partial charge >= 0.3 is 0 Å². The van der Waals surface area contributed by atoms with E-state index in [1.807, 2.05) is 48.5 Å². The number of fused-ring (bicyclic) bond motifs is 1. The number of aromatic nitrogens is 1. The van der Waals surface area contributed by atoms with Gasteiger partial charge in [-0.05, 0) is 47.7 Å². The molecule has 0 spiro atoms. The number of para-hydroxylation sites is 2. The highest BCUT2D eigenvalue weighted by molar-refractivity contribution is 8.18. The molecule has 0 unspecified atom stereocenters. The molecule has 0 radical (unpaired) electrons. The maximum atomic E-state index is 11.5. The van der Waals surface area contributed by atoms with Crippen LogP contribution in [0.15, 0.2) is 57.9 Å². The van der Waals surface area contributed by atoms with Gasteiger partial charge in [-0.15, -0.1) is 0 Å². The van der Waals surface area contributed by atoms with Gasteiger partial charge in [0.25, 0.3) is 17.2 Å². The van der Waals surface area contributed by atoms with Crippen LogP contribution in [0.3, 0.4) is 0 Å². The number of nitrogens with one attached hydrogen (secondary N) is 2. The number of anilines is 2. The van der Waals surface area contributed by atoms with Gasteiger partial charge in [0.05, 0.1) is 4.91 Å². The monoisotopic (exact) mass is 337 g/mol. The lowest BCUT2D eigenvalue weighted by atomic mass is 10.2. The zero-order chi connectivity index (χ0) is 16.5. The summed E-state index contributed by atoms with van der Waals surface area (Å²) in [6, 6.07) is 15.3. The van der Waals surface area contributed by atoms with Crippen molar-refractivity contribution in [1.82, 2.24) is 10.3 Å². The van der Waals surface area contributed by atoms with Crippen LogP contribution >= 0.6 is 11.8 Å². The number of oxazole rings is 1. The maximum absolute atomic E-state index is 11.5. The first-order valence-electron chi connectivity index (χ1n) is 7.15. The van der Waals surface area contributed by atoms with Crippen molar-refractivity contribution in [2.45, 2.75) is 0 Å². The molecule has 2 amide bonds. The van der Waals surface area contributed by atoms with Crippen molar-refractivity contribution < 1.29 is 14.0 Å². The summed E-state index contributed by atoms with van der Waals surface area (Å²) in [7, 11) is 0. The smallest absolute Gasteiger partial charge is 0.300 e. The molecule has 1 aromatic heterocycles. The van der Waals surface area contributed by atoms with E-state index in [0.29, 0.717) is 10.9 Å². The summed E-state index contributed by atoms with van der Waals surface area (Å²) in [5, 5.41) is 4.97. The van der Waals surface area contributed by atoms with Crippen LogP contribution in [0, 0.1) is 0 Å². The van der Waals surface area contributed by atoms with Crippen LogP contribution in [0.1, 0.15) is 5.56 Å². The first-order valence-corrected chi connectivity index (χ1v) is 7.96. The predicted molar refractivity (Wildman–Crippen MR) is 92.8 cm³/mol. The van der Waals surface area contributed by atoms with Gasteiger partial charge in [-0.1, -0.05) is 24.3 Å². The summed E-state index contributed by atoms with van der Waals surface area (Å²) < 4.78 is 5.61. The minimum atomic E-state index is -0.362. The summed E-state index contributed by atoms with van der Waals surface area (Å²) in [5.41, 5.74) is 3.14.